The van der Waals surface area contributed by atoms with Crippen LogP contribution in [0.25, 0.3) is 10.9 Å². The fraction of sp³-hybridized carbons (Fsp3) is 0.143. The molecule has 0 aliphatic rings. The summed E-state index contributed by atoms with van der Waals surface area (Å²) >= 11 is 0. The van der Waals surface area contributed by atoms with Crippen molar-refractivity contribution < 1.29 is 0 Å². The number of aromatic nitrogens is 3. The average molecular weight is 238 g/mol. The molecule has 2 aromatic heterocycles. The first-order valence-electron chi connectivity index (χ1n) is 5.90. The van der Waals surface area contributed by atoms with Crippen LogP contribution in [0.5, 0.6) is 0 Å². The van der Waals surface area contributed by atoms with Crippen molar-refractivity contribution in [3.05, 3.63) is 54.4 Å². The van der Waals surface area contributed by atoms with E-state index in [0.717, 1.165) is 17.9 Å². The lowest BCUT2D eigenvalue weighted by atomic mass is 10.2. The number of benzene rings is 1. The molecule has 0 saturated carbocycles. The minimum atomic E-state index is 0.755. The van der Waals surface area contributed by atoms with Crippen LogP contribution in [0, 0.1) is 0 Å². The topological polar surface area (TPSA) is 42.7 Å². The van der Waals surface area contributed by atoms with E-state index in [2.05, 4.69) is 27.5 Å². The summed E-state index contributed by atoms with van der Waals surface area (Å²) in [5.74, 6) is 0.879. The average Bonchev–Trinajstić information content (AvgIpc) is 2.83. The molecule has 4 nitrogen and oxygen atoms in total. The summed E-state index contributed by atoms with van der Waals surface area (Å²) in [6.07, 6.45) is 3.71. The van der Waals surface area contributed by atoms with Gasteiger partial charge in [-0.25, -0.2) is 4.98 Å². The zero-order chi connectivity index (χ0) is 12.4. The highest BCUT2D eigenvalue weighted by Crippen LogP contribution is 2.15. The van der Waals surface area contributed by atoms with Crippen LogP contribution in [0.1, 0.15) is 5.56 Å². The van der Waals surface area contributed by atoms with Crippen molar-refractivity contribution in [3.8, 4) is 0 Å². The number of pyridine rings is 1. The van der Waals surface area contributed by atoms with Crippen molar-refractivity contribution in [2.75, 3.05) is 12.4 Å². The molecule has 1 N–H and O–H groups in total. The van der Waals surface area contributed by atoms with E-state index in [1.165, 1.54) is 10.9 Å². The first kappa shape index (κ1) is 10.8. The molecule has 1 aromatic carbocycles. The van der Waals surface area contributed by atoms with Gasteiger partial charge in [-0.2, -0.15) is 5.10 Å². The van der Waals surface area contributed by atoms with Gasteiger partial charge in [-0.05, 0) is 23.8 Å². The van der Waals surface area contributed by atoms with Gasteiger partial charge >= 0.3 is 0 Å². The molecule has 0 fully saturated rings. The molecule has 90 valence electrons. The number of para-hydroxylation sites is 1. The maximum Gasteiger partial charge on any atom is 0.125 e. The van der Waals surface area contributed by atoms with E-state index in [1.54, 1.807) is 0 Å². The van der Waals surface area contributed by atoms with E-state index < -0.39 is 0 Å². The molecule has 0 spiro atoms. The number of anilines is 1. The Morgan fingerprint density at radius 1 is 1.22 bits per heavy atom. The lowest BCUT2D eigenvalue weighted by molar-refractivity contribution is 0.711. The van der Waals surface area contributed by atoms with Gasteiger partial charge in [0.2, 0.25) is 0 Å². The standard InChI is InChI=1S/C14H14N4/c1-15-14-8-11(6-7-16-14)10-18-13-5-3-2-4-12(13)9-17-18/h2-9H,10H2,1H3,(H,15,16). The number of rotatable bonds is 3. The maximum absolute atomic E-state index is 4.42. The van der Waals surface area contributed by atoms with Gasteiger partial charge in [-0.15, -0.1) is 0 Å². The Bertz CT molecular complexity index is 672. The Hall–Kier alpha value is -2.36. The third-order valence-electron chi connectivity index (χ3n) is 2.96. The molecule has 0 atom stereocenters. The van der Waals surface area contributed by atoms with Gasteiger partial charge < -0.3 is 5.32 Å². The van der Waals surface area contributed by atoms with Crippen LogP contribution in [0.3, 0.4) is 0 Å². The normalized spacial score (nSPS) is 10.7. The minimum Gasteiger partial charge on any atom is -0.373 e. The zero-order valence-corrected chi connectivity index (χ0v) is 10.2. The number of fused-ring (bicyclic) bond motifs is 1. The predicted molar refractivity (Wildman–Crippen MR) is 72.6 cm³/mol. The zero-order valence-electron chi connectivity index (χ0n) is 10.2. The van der Waals surface area contributed by atoms with Gasteiger partial charge in [0, 0.05) is 18.6 Å². The van der Waals surface area contributed by atoms with Crippen LogP contribution < -0.4 is 5.32 Å². The Morgan fingerprint density at radius 3 is 3.00 bits per heavy atom. The lowest BCUT2D eigenvalue weighted by Crippen LogP contribution is -2.02. The van der Waals surface area contributed by atoms with Crippen LogP contribution in [0.15, 0.2) is 48.8 Å². The molecule has 0 amide bonds. The van der Waals surface area contributed by atoms with Crippen molar-refractivity contribution in [1.82, 2.24) is 14.8 Å². The van der Waals surface area contributed by atoms with Crippen molar-refractivity contribution in [1.29, 1.82) is 0 Å². The second-order valence-corrected chi connectivity index (χ2v) is 4.16. The van der Waals surface area contributed by atoms with Crippen molar-refractivity contribution in [2.24, 2.45) is 0 Å². The molecule has 4 heteroatoms. The van der Waals surface area contributed by atoms with Crippen LogP contribution >= 0.6 is 0 Å². The quantitative estimate of drug-likeness (QED) is 0.762. The minimum absolute atomic E-state index is 0.755. The molecule has 0 aliphatic carbocycles. The highest BCUT2D eigenvalue weighted by molar-refractivity contribution is 5.78. The molecular weight excluding hydrogens is 224 g/mol. The van der Waals surface area contributed by atoms with Crippen LogP contribution in [0.2, 0.25) is 0 Å². The highest BCUT2D eigenvalue weighted by Gasteiger charge is 2.03. The summed E-state index contributed by atoms with van der Waals surface area (Å²) in [5, 5.41) is 8.63. The molecule has 3 rings (SSSR count). The van der Waals surface area contributed by atoms with Crippen molar-refractivity contribution >= 4 is 16.7 Å². The summed E-state index contributed by atoms with van der Waals surface area (Å²) in [7, 11) is 1.87. The fourth-order valence-electron chi connectivity index (χ4n) is 2.03. The number of nitrogens with zero attached hydrogens (tertiary/aromatic N) is 3. The fourth-order valence-corrected chi connectivity index (χ4v) is 2.03. The van der Waals surface area contributed by atoms with Gasteiger partial charge in [-0.1, -0.05) is 18.2 Å². The smallest absolute Gasteiger partial charge is 0.125 e. The molecule has 0 bridgehead atoms. The monoisotopic (exact) mass is 238 g/mol. The van der Waals surface area contributed by atoms with E-state index in [-0.39, 0.29) is 0 Å². The van der Waals surface area contributed by atoms with Crippen molar-refractivity contribution in [2.45, 2.75) is 6.54 Å². The predicted octanol–water partition coefficient (Wildman–Crippen LogP) is 2.52. The summed E-state index contributed by atoms with van der Waals surface area (Å²) < 4.78 is 2.00. The Balaban J connectivity index is 1.96. The van der Waals surface area contributed by atoms with Gasteiger partial charge in [0.05, 0.1) is 18.3 Å². The number of hydrogen-bond acceptors (Lipinski definition) is 3. The first-order valence-corrected chi connectivity index (χ1v) is 5.90. The molecule has 0 unspecified atom stereocenters. The van der Waals surface area contributed by atoms with Gasteiger partial charge in [0.25, 0.3) is 0 Å². The van der Waals surface area contributed by atoms with E-state index >= 15 is 0 Å². The number of hydrogen-bond donors (Lipinski definition) is 1. The molecule has 2 heterocycles. The Labute approximate surface area is 105 Å². The summed E-state index contributed by atoms with van der Waals surface area (Å²) in [5.41, 5.74) is 2.34. The van der Waals surface area contributed by atoms with Gasteiger partial charge in [0.15, 0.2) is 0 Å². The van der Waals surface area contributed by atoms with Crippen LogP contribution in [-0.4, -0.2) is 21.8 Å². The van der Waals surface area contributed by atoms with Gasteiger partial charge in [-0.3, -0.25) is 4.68 Å². The second-order valence-electron chi connectivity index (χ2n) is 4.16. The summed E-state index contributed by atoms with van der Waals surface area (Å²) in [6, 6.07) is 12.3. The molecule has 18 heavy (non-hydrogen) atoms. The molecule has 0 aliphatic heterocycles. The molecule has 0 radical (unpaired) electrons. The van der Waals surface area contributed by atoms with Crippen LogP contribution in [0.4, 0.5) is 5.82 Å². The maximum atomic E-state index is 4.42. The van der Waals surface area contributed by atoms with E-state index in [0.29, 0.717) is 0 Å². The second kappa shape index (κ2) is 4.49. The molecular formula is C14H14N4. The third-order valence-corrected chi connectivity index (χ3v) is 2.96. The largest absolute Gasteiger partial charge is 0.373 e. The highest BCUT2D eigenvalue weighted by atomic mass is 15.3. The SMILES string of the molecule is CNc1cc(Cn2ncc3ccccc32)ccn1. The summed E-state index contributed by atoms with van der Waals surface area (Å²) in [4.78, 5) is 4.21. The molecule has 0 saturated heterocycles. The van der Waals surface area contributed by atoms with Crippen LogP contribution in [-0.2, 0) is 6.54 Å². The Kier molecular flexibility index (Phi) is 2.68. The summed E-state index contributed by atoms with van der Waals surface area (Å²) in [6.45, 7) is 0.755. The number of nitrogens with one attached hydrogen (secondary N) is 1. The lowest BCUT2D eigenvalue weighted by Gasteiger charge is -2.05. The molecule has 3 aromatic rings. The van der Waals surface area contributed by atoms with Crippen molar-refractivity contribution in [3.63, 3.8) is 0 Å². The van der Waals surface area contributed by atoms with E-state index in [9.17, 15) is 0 Å². The first-order chi connectivity index (χ1) is 8.86. The van der Waals surface area contributed by atoms with Gasteiger partial charge in [0.1, 0.15) is 5.82 Å². The third kappa shape index (κ3) is 1.93. The van der Waals surface area contributed by atoms with E-state index in [1.807, 2.05) is 48.4 Å². The van der Waals surface area contributed by atoms with E-state index in [4.69, 9.17) is 0 Å². The Morgan fingerprint density at radius 2 is 2.11 bits per heavy atom.